The summed E-state index contributed by atoms with van der Waals surface area (Å²) in [6.45, 7) is 0. The van der Waals surface area contributed by atoms with Crippen LogP contribution in [0.5, 0.6) is 0 Å². The van der Waals surface area contributed by atoms with E-state index in [-0.39, 0.29) is 5.75 Å². The number of halogens is 3. The van der Waals surface area contributed by atoms with Crippen LogP contribution in [-0.2, 0) is 0 Å². The SMILES string of the molecule is Nc1ccc(Br)cc1SCC(F)F. The third-order valence-corrected chi connectivity index (χ3v) is 2.92. The van der Waals surface area contributed by atoms with Gasteiger partial charge >= 0.3 is 0 Å². The summed E-state index contributed by atoms with van der Waals surface area (Å²) in [7, 11) is 0. The second-order valence-corrected chi connectivity index (χ2v) is 4.36. The predicted octanol–water partition coefficient (Wildman–Crippen LogP) is 3.39. The average molecular weight is 268 g/mol. The van der Waals surface area contributed by atoms with Crippen molar-refractivity contribution in [1.29, 1.82) is 0 Å². The maximum Gasteiger partial charge on any atom is 0.247 e. The lowest BCUT2D eigenvalue weighted by molar-refractivity contribution is 0.177. The number of benzene rings is 1. The molecule has 0 saturated heterocycles. The summed E-state index contributed by atoms with van der Waals surface area (Å²) in [4.78, 5) is 0.690. The van der Waals surface area contributed by atoms with Crippen molar-refractivity contribution in [3.63, 3.8) is 0 Å². The molecule has 13 heavy (non-hydrogen) atoms. The zero-order valence-electron chi connectivity index (χ0n) is 6.64. The standard InChI is InChI=1S/C8H8BrF2NS/c9-5-1-2-6(12)7(3-5)13-4-8(10)11/h1-3,8H,4,12H2. The summed E-state index contributed by atoms with van der Waals surface area (Å²) in [5.74, 6) is -0.222. The molecule has 0 spiro atoms. The Morgan fingerprint density at radius 3 is 2.77 bits per heavy atom. The largest absolute Gasteiger partial charge is 0.398 e. The smallest absolute Gasteiger partial charge is 0.247 e. The highest BCUT2D eigenvalue weighted by atomic mass is 79.9. The zero-order chi connectivity index (χ0) is 9.84. The van der Waals surface area contributed by atoms with Crippen LogP contribution in [0.1, 0.15) is 0 Å². The number of alkyl halides is 2. The third-order valence-electron chi connectivity index (χ3n) is 1.34. The number of rotatable bonds is 3. The normalized spacial score (nSPS) is 10.8. The van der Waals surface area contributed by atoms with Gasteiger partial charge in [0.2, 0.25) is 6.43 Å². The molecule has 0 saturated carbocycles. The lowest BCUT2D eigenvalue weighted by Gasteiger charge is -2.04. The van der Waals surface area contributed by atoms with Gasteiger partial charge in [-0.1, -0.05) is 15.9 Å². The highest BCUT2D eigenvalue weighted by molar-refractivity contribution is 9.10. The van der Waals surface area contributed by atoms with Crippen LogP contribution in [0.15, 0.2) is 27.6 Å². The Labute approximate surface area is 87.8 Å². The van der Waals surface area contributed by atoms with E-state index in [0.29, 0.717) is 10.6 Å². The van der Waals surface area contributed by atoms with Crippen molar-refractivity contribution in [2.24, 2.45) is 0 Å². The Balaban J connectivity index is 2.70. The van der Waals surface area contributed by atoms with Crippen molar-refractivity contribution < 1.29 is 8.78 Å². The van der Waals surface area contributed by atoms with Crippen LogP contribution in [0, 0.1) is 0 Å². The lowest BCUT2D eigenvalue weighted by Crippen LogP contribution is -1.95. The van der Waals surface area contributed by atoms with E-state index in [1.165, 1.54) is 0 Å². The maximum atomic E-state index is 11.9. The Bertz CT molecular complexity index is 293. The molecule has 72 valence electrons. The van der Waals surface area contributed by atoms with Crippen LogP contribution in [0.3, 0.4) is 0 Å². The Morgan fingerprint density at radius 2 is 2.15 bits per heavy atom. The van der Waals surface area contributed by atoms with Gasteiger partial charge in [0.1, 0.15) is 0 Å². The molecule has 1 aromatic carbocycles. The molecule has 0 amide bonds. The molecule has 5 heteroatoms. The van der Waals surface area contributed by atoms with Gasteiger partial charge in [-0.2, -0.15) is 0 Å². The van der Waals surface area contributed by atoms with E-state index >= 15 is 0 Å². The topological polar surface area (TPSA) is 26.0 Å². The molecule has 0 aliphatic carbocycles. The Hall–Kier alpha value is -0.290. The van der Waals surface area contributed by atoms with Crippen LogP contribution in [0.2, 0.25) is 0 Å². The number of thioether (sulfide) groups is 1. The second-order valence-electron chi connectivity index (χ2n) is 2.38. The van der Waals surface area contributed by atoms with Crippen molar-refractivity contribution >= 4 is 33.4 Å². The summed E-state index contributed by atoms with van der Waals surface area (Å²) in [5.41, 5.74) is 6.13. The van der Waals surface area contributed by atoms with Gasteiger partial charge in [0.05, 0.1) is 5.75 Å². The molecule has 0 fully saturated rings. The van der Waals surface area contributed by atoms with Gasteiger partial charge in [-0.3, -0.25) is 0 Å². The van der Waals surface area contributed by atoms with Crippen molar-refractivity contribution in [2.75, 3.05) is 11.5 Å². The fraction of sp³-hybridized carbons (Fsp3) is 0.250. The predicted molar refractivity (Wildman–Crippen MR) is 55.3 cm³/mol. The van der Waals surface area contributed by atoms with Crippen LogP contribution >= 0.6 is 27.7 Å². The first-order chi connectivity index (χ1) is 6.09. The Kier molecular flexibility index (Phi) is 3.99. The number of anilines is 1. The van der Waals surface area contributed by atoms with E-state index in [1.54, 1.807) is 18.2 Å². The second kappa shape index (κ2) is 4.81. The van der Waals surface area contributed by atoms with Gasteiger partial charge in [0.15, 0.2) is 0 Å². The molecular formula is C8H8BrF2NS. The zero-order valence-corrected chi connectivity index (χ0v) is 9.04. The van der Waals surface area contributed by atoms with E-state index in [2.05, 4.69) is 15.9 Å². The van der Waals surface area contributed by atoms with Gasteiger partial charge in [-0.15, -0.1) is 11.8 Å². The van der Waals surface area contributed by atoms with E-state index in [0.717, 1.165) is 16.2 Å². The maximum absolute atomic E-state index is 11.9. The van der Waals surface area contributed by atoms with Crippen molar-refractivity contribution in [3.8, 4) is 0 Å². The highest BCUT2D eigenvalue weighted by Crippen LogP contribution is 2.29. The fourth-order valence-corrected chi connectivity index (χ4v) is 2.05. The third kappa shape index (κ3) is 3.52. The molecule has 2 N–H and O–H groups in total. The van der Waals surface area contributed by atoms with Crippen LogP contribution in [-0.4, -0.2) is 12.2 Å². The minimum absolute atomic E-state index is 0.222. The Morgan fingerprint density at radius 1 is 1.46 bits per heavy atom. The number of hydrogen-bond acceptors (Lipinski definition) is 2. The molecule has 0 atom stereocenters. The van der Waals surface area contributed by atoms with E-state index < -0.39 is 6.43 Å². The first kappa shape index (κ1) is 10.8. The van der Waals surface area contributed by atoms with E-state index in [1.807, 2.05) is 0 Å². The molecule has 0 radical (unpaired) electrons. The number of nitrogen functional groups attached to an aromatic ring is 1. The van der Waals surface area contributed by atoms with E-state index in [9.17, 15) is 8.78 Å². The van der Waals surface area contributed by atoms with Crippen molar-refractivity contribution in [1.82, 2.24) is 0 Å². The molecule has 1 rings (SSSR count). The van der Waals surface area contributed by atoms with Gasteiger partial charge in [0, 0.05) is 15.1 Å². The molecule has 0 aliphatic heterocycles. The lowest BCUT2D eigenvalue weighted by atomic mass is 10.3. The quantitative estimate of drug-likeness (QED) is 0.671. The summed E-state index contributed by atoms with van der Waals surface area (Å²) in [6, 6.07) is 5.21. The van der Waals surface area contributed by atoms with Gasteiger partial charge in [-0.25, -0.2) is 8.78 Å². The average Bonchev–Trinajstić information content (AvgIpc) is 2.06. The summed E-state index contributed by atoms with van der Waals surface area (Å²) < 4.78 is 24.6. The van der Waals surface area contributed by atoms with Crippen molar-refractivity contribution in [3.05, 3.63) is 22.7 Å². The summed E-state index contributed by atoms with van der Waals surface area (Å²) >= 11 is 4.31. The summed E-state index contributed by atoms with van der Waals surface area (Å²) in [6.07, 6.45) is -2.30. The number of hydrogen-bond donors (Lipinski definition) is 1. The number of nitrogens with two attached hydrogens (primary N) is 1. The fourth-order valence-electron chi connectivity index (χ4n) is 0.786. The first-order valence-electron chi connectivity index (χ1n) is 3.55. The van der Waals surface area contributed by atoms with E-state index in [4.69, 9.17) is 5.73 Å². The molecule has 1 aromatic rings. The van der Waals surface area contributed by atoms with Gasteiger partial charge in [-0.05, 0) is 18.2 Å². The van der Waals surface area contributed by atoms with Crippen LogP contribution < -0.4 is 5.73 Å². The summed E-state index contributed by atoms with van der Waals surface area (Å²) in [5, 5.41) is 0. The van der Waals surface area contributed by atoms with Gasteiger partial charge in [0.25, 0.3) is 0 Å². The first-order valence-corrected chi connectivity index (χ1v) is 5.33. The monoisotopic (exact) mass is 267 g/mol. The van der Waals surface area contributed by atoms with Gasteiger partial charge < -0.3 is 5.73 Å². The van der Waals surface area contributed by atoms with Crippen molar-refractivity contribution in [2.45, 2.75) is 11.3 Å². The molecule has 0 aromatic heterocycles. The molecule has 0 unspecified atom stereocenters. The minimum Gasteiger partial charge on any atom is -0.398 e. The van der Waals surface area contributed by atoms with Crippen LogP contribution in [0.25, 0.3) is 0 Å². The minimum atomic E-state index is -2.30. The molecule has 0 aliphatic rings. The molecule has 1 nitrogen and oxygen atoms in total. The molecule has 0 heterocycles. The molecular weight excluding hydrogens is 260 g/mol. The van der Waals surface area contributed by atoms with Crippen LogP contribution in [0.4, 0.5) is 14.5 Å². The highest BCUT2D eigenvalue weighted by Gasteiger charge is 2.06. The molecule has 0 bridgehead atoms.